The molecule has 0 aliphatic heterocycles. The molecule has 3 aromatic rings. The fourth-order valence-electron chi connectivity index (χ4n) is 3.08. The quantitative estimate of drug-likeness (QED) is 0.289. The van der Waals surface area contributed by atoms with Crippen LogP contribution >= 0.6 is 0 Å². The van der Waals surface area contributed by atoms with E-state index < -0.39 is 5.63 Å². The van der Waals surface area contributed by atoms with Gasteiger partial charge in [-0.25, -0.2) is 4.79 Å². The maximum atomic E-state index is 12.1. The van der Waals surface area contributed by atoms with Crippen molar-refractivity contribution in [2.75, 3.05) is 13.2 Å². The molecule has 0 N–H and O–H groups in total. The minimum atomic E-state index is -0.460. The number of rotatable bonds is 9. The molecule has 0 bridgehead atoms. The van der Waals surface area contributed by atoms with Crippen LogP contribution in [-0.2, 0) is 16.1 Å². The highest BCUT2D eigenvalue weighted by Gasteiger charge is 2.11. The van der Waals surface area contributed by atoms with Gasteiger partial charge in [-0.05, 0) is 62.6 Å². The molecule has 0 radical (unpaired) electrons. The van der Waals surface area contributed by atoms with Crippen LogP contribution in [0.5, 0.6) is 11.5 Å². The van der Waals surface area contributed by atoms with Gasteiger partial charge < -0.3 is 18.6 Å². The number of ether oxygens (including phenoxy) is 3. The van der Waals surface area contributed by atoms with Crippen LogP contribution in [0.25, 0.3) is 11.0 Å². The lowest BCUT2D eigenvalue weighted by atomic mass is 10.0. The van der Waals surface area contributed by atoms with Gasteiger partial charge in [-0.1, -0.05) is 12.1 Å². The lowest BCUT2D eigenvalue weighted by molar-refractivity contribution is -0.145. The summed E-state index contributed by atoms with van der Waals surface area (Å²) in [5.74, 6) is 0.991. The van der Waals surface area contributed by atoms with Gasteiger partial charge in [0.05, 0.1) is 13.2 Å². The third kappa shape index (κ3) is 5.41. The number of esters is 1. The normalized spacial score (nSPS) is 10.8. The number of fused-ring (bicyclic) bond motifs is 1. The first-order valence-corrected chi connectivity index (χ1v) is 10.0. The Hall–Kier alpha value is -3.28. The summed E-state index contributed by atoms with van der Waals surface area (Å²) >= 11 is 0. The molecule has 0 spiro atoms. The van der Waals surface area contributed by atoms with E-state index in [9.17, 15) is 9.59 Å². The molecule has 2 aromatic carbocycles. The topological polar surface area (TPSA) is 75.0 Å². The lowest BCUT2D eigenvalue weighted by Gasteiger charge is -2.11. The number of aryl methyl sites for hydroxylation is 2. The Labute approximate surface area is 175 Å². The highest BCUT2D eigenvalue weighted by molar-refractivity contribution is 5.82. The van der Waals surface area contributed by atoms with E-state index in [4.69, 9.17) is 18.6 Å². The summed E-state index contributed by atoms with van der Waals surface area (Å²) in [4.78, 5) is 24.0. The summed E-state index contributed by atoms with van der Waals surface area (Å²) in [5.41, 5.74) is 2.79. The van der Waals surface area contributed by atoms with Crippen molar-refractivity contribution in [1.82, 2.24) is 0 Å². The molecule has 3 rings (SSSR count). The van der Waals surface area contributed by atoms with E-state index in [1.165, 1.54) is 6.07 Å². The Morgan fingerprint density at radius 1 is 1.00 bits per heavy atom. The molecule has 6 heteroatoms. The van der Waals surface area contributed by atoms with Gasteiger partial charge >= 0.3 is 11.6 Å². The Bertz CT molecular complexity index is 1080. The third-order valence-corrected chi connectivity index (χ3v) is 4.76. The molecule has 1 heterocycles. The van der Waals surface area contributed by atoms with Gasteiger partial charge in [0.25, 0.3) is 0 Å². The van der Waals surface area contributed by atoms with Crippen molar-refractivity contribution < 1.29 is 23.4 Å². The molecule has 0 saturated heterocycles. The number of carbonyl (C=O) groups is 1. The zero-order valence-electron chi connectivity index (χ0n) is 17.5. The van der Waals surface area contributed by atoms with Crippen LogP contribution in [0.3, 0.4) is 0 Å². The minimum absolute atomic E-state index is 0.0253. The Balaban J connectivity index is 1.53. The number of benzene rings is 2. The SMILES string of the molecule is CCOc1ccccc1OCCCC(=O)OCc1cc(=O)oc2cc(C)c(C)cc12. The Kier molecular flexibility index (Phi) is 7.12. The van der Waals surface area contributed by atoms with E-state index in [1.807, 2.05) is 57.2 Å². The van der Waals surface area contributed by atoms with Crippen LogP contribution in [-0.4, -0.2) is 19.2 Å². The first-order valence-electron chi connectivity index (χ1n) is 10.0. The van der Waals surface area contributed by atoms with Crippen LogP contribution in [0.4, 0.5) is 0 Å². The zero-order chi connectivity index (χ0) is 21.5. The van der Waals surface area contributed by atoms with E-state index in [1.54, 1.807) is 0 Å². The smallest absolute Gasteiger partial charge is 0.336 e. The van der Waals surface area contributed by atoms with Gasteiger partial charge in [0, 0.05) is 23.4 Å². The fourth-order valence-corrected chi connectivity index (χ4v) is 3.08. The number of hydrogen-bond acceptors (Lipinski definition) is 6. The first kappa shape index (κ1) is 21.4. The molecular weight excluding hydrogens is 384 g/mol. The van der Waals surface area contributed by atoms with Crippen molar-refractivity contribution in [3.8, 4) is 11.5 Å². The number of para-hydroxylation sites is 2. The van der Waals surface area contributed by atoms with Gasteiger partial charge in [0.2, 0.25) is 0 Å². The highest BCUT2D eigenvalue weighted by Crippen LogP contribution is 2.26. The summed E-state index contributed by atoms with van der Waals surface area (Å²) < 4.78 is 21.9. The van der Waals surface area contributed by atoms with Gasteiger partial charge in [-0.15, -0.1) is 0 Å². The largest absolute Gasteiger partial charge is 0.490 e. The average Bonchev–Trinajstić information content (AvgIpc) is 2.72. The third-order valence-electron chi connectivity index (χ3n) is 4.76. The fraction of sp³-hybridized carbons (Fsp3) is 0.333. The van der Waals surface area contributed by atoms with Gasteiger partial charge in [-0.2, -0.15) is 0 Å². The lowest BCUT2D eigenvalue weighted by Crippen LogP contribution is -2.09. The molecule has 0 aliphatic carbocycles. The zero-order valence-corrected chi connectivity index (χ0v) is 17.5. The molecular formula is C24H26O6. The Morgan fingerprint density at radius 2 is 1.70 bits per heavy atom. The van der Waals surface area contributed by atoms with E-state index in [0.29, 0.717) is 42.3 Å². The average molecular weight is 410 g/mol. The van der Waals surface area contributed by atoms with Gasteiger partial charge in [0.1, 0.15) is 12.2 Å². The van der Waals surface area contributed by atoms with Crippen molar-refractivity contribution >= 4 is 16.9 Å². The second-order valence-corrected chi connectivity index (χ2v) is 7.02. The summed E-state index contributed by atoms with van der Waals surface area (Å²) in [6, 6.07) is 12.6. The van der Waals surface area contributed by atoms with E-state index in [0.717, 1.165) is 16.5 Å². The summed E-state index contributed by atoms with van der Waals surface area (Å²) in [6.45, 7) is 6.80. The molecule has 158 valence electrons. The second-order valence-electron chi connectivity index (χ2n) is 7.02. The second kappa shape index (κ2) is 9.96. The molecule has 1 aromatic heterocycles. The summed E-state index contributed by atoms with van der Waals surface area (Å²) in [6.07, 6.45) is 0.726. The van der Waals surface area contributed by atoms with Gasteiger partial charge in [0.15, 0.2) is 11.5 Å². The number of hydrogen-bond donors (Lipinski definition) is 0. The predicted molar refractivity (Wildman–Crippen MR) is 114 cm³/mol. The Morgan fingerprint density at radius 3 is 2.43 bits per heavy atom. The minimum Gasteiger partial charge on any atom is -0.490 e. The molecule has 0 amide bonds. The van der Waals surface area contributed by atoms with Crippen molar-refractivity contribution in [3.05, 3.63) is 69.6 Å². The first-order chi connectivity index (χ1) is 14.5. The van der Waals surface area contributed by atoms with E-state index in [-0.39, 0.29) is 19.0 Å². The van der Waals surface area contributed by atoms with Crippen LogP contribution in [0, 0.1) is 13.8 Å². The van der Waals surface area contributed by atoms with Crippen molar-refractivity contribution in [2.24, 2.45) is 0 Å². The van der Waals surface area contributed by atoms with Crippen molar-refractivity contribution in [1.29, 1.82) is 0 Å². The van der Waals surface area contributed by atoms with Crippen molar-refractivity contribution in [2.45, 2.75) is 40.2 Å². The maximum Gasteiger partial charge on any atom is 0.336 e. The highest BCUT2D eigenvalue weighted by atomic mass is 16.5. The van der Waals surface area contributed by atoms with Crippen molar-refractivity contribution in [3.63, 3.8) is 0 Å². The molecule has 0 unspecified atom stereocenters. The summed E-state index contributed by atoms with van der Waals surface area (Å²) in [5, 5.41) is 0.779. The van der Waals surface area contributed by atoms with Crippen LogP contribution in [0.1, 0.15) is 36.5 Å². The standard InChI is InChI=1S/C24H26O6/c1-4-27-20-8-5-6-9-21(20)28-11-7-10-23(25)29-15-18-14-24(26)30-22-13-17(3)16(2)12-19(18)22/h5-6,8-9,12-14H,4,7,10-11,15H2,1-3H3. The molecule has 0 saturated carbocycles. The molecule has 0 aliphatic rings. The number of carbonyl (C=O) groups excluding carboxylic acids is 1. The monoisotopic (exact) mass is 410 g/mol. The summed E-state index contributed by atoms with van der Waals surface area (Å²) in [7, 11) is 0. The molecule has 0 fully saturated rings. The molecule has 0 atom stereocenters. The van der Waals surface area contributed by atoms with Gasteiger partial charge in [-0.3, -0.25) is 4.79 Å². The maximum absolute atomic E-state index is 12.1. The van der Waals surface area contributed by atoms with E-state index >= 15 is 0 Å². The van der Waals surface area contributed by atoms with Crippen LogP contribution in [0.15, 0.2) is 51.7 Å². The molecule has 30 heavy (non-hydrogen) atoms. The van der Waals surface area contributed by atoms with Crippen LogP contribution in [0.2, 0.25) is 0 Å². The van der Waals surface area contributed by atoms with Crippen LogP contribution < -0.4 is 15.1 Å². The predicted octanol–water partition coefficient (Wildman–Crippen LogP) is 4.71. The van der Waals surface area contributed by atoms with E-state index in [2.05, 4.69) is 0 Å². The molecule has 6 nitrogen and oxygen atoms in total.